The first-order valence-corrected chi connectivity index (χ1v) is 14.4. The van der Waals surface area contributed by atoms with Crippen molar-refractivity contribution in [2.24, 2.45) is 0 Å². The number of anilines is 2. The van der Waals surface area contributed by atoms with Crippen LogP contribution in [-0.4, -0.2) is 37.1 Å². The summed E-state index contributed by atoms with van der Waals surface area (Å²) in [5.41, 5.74) is 0.727. The van der Waals surface area contributed by atoms with E-state index in [0.717, 1.165) is 0 Å². The van der Waals surface area contributed by atoms with Gasteiger partial charge in [-0.2, -0.15) is 16.8 Å². The molecule has 2 N–H and O–H groups in total. The number of carbonyl (C=O) groups is 1. The third kappa shape index (κ3) is 6.81. The highest BCUT2D eigenvalue weighted by Gasteiger charge is 2.22. The third-order valence-corrected chi connectivity index (χ3v) is 7.89. The van der Waals surface area contributed by atoms with Crippen LogP contribution in [0.4, 0.5) is 16.2 Å². The first-order chi connectivity index (χ1) is 19.1. The number of urea groups is 1. The van der Waals surface area contributed by atoms with Crippen LogP contribution in [0.5, 0.6) is 23.0 Å². The fourth-order valence-corrected chi connectivity index (χ4v) is 5.67. The van der Waals surface area contributed by atoms with Crippen molar-refractivity contribution in [3.8, 4) is 23.0 Å². The van der Waals surface area contributed by atoms with Crippen LogP contribution < -0.4 is 28.5 Å². The normalized spacial score (nSPS) is 11.2. The molecule has 0 heterocycles. The second-order valence-electron chi connectivity index (χ2n) is 8.00. The Morgan fingerprint density at radius 3 is 1.25 bits per heavy atom. The molecule has 0 saturated carbocycles. The molecule has 40 heavy (non-hydrogen) atoms. The van der Waals surface area contributed by atoms with Crippen molar-refractivity contribution in [1.29, 1.82) is 0 Å². The summed E-state index contributed by atoms with van der Waals surface area (Å²) >= 11 is 0. The Morgan fingerprint density at radius 2 is 0.900 bits per heavy atom. The molecule has 0 unspecified atom stereocenters. The van der Waals surface area contributed by atoms with Crippen LogP contribution in [0.15, 0.2) is 107 Å². The van der Waals surface area contributed by atoms with Crippen LogP contribution in [0.1, 0.15) is 0 Å². The minimum Gasteiger partial charge on any atom is -0.495 e. The number of nitrogens with one attached hydrogen (secondary N) is 2. The Kier molecular flexibility index (Phi) is 8.46. The molecule has 0 aliphatic rings. The summed E-state index contributed by atoms with van der Waals surface area (Å²) in [5, 5.41) is 5.20. The zero-order valence-corrected chi connectivity index (χ0v) is 22.9. The number of benzene rings is 4. The summed E-state index contributed by atoms with van der Waals surface area (Å²) in [6.45, 7) is 0. The number of amides is 2. The number of methoxy groups -OCH3 is 2. The monoisotopic (exact) mass is 584 g/mol. The van der Waals surface area contributed by atoms with Gasteiger partial charge < -0.3 is 28.5 Å². The summed E-state index contributed by atoms with van der Waals surface area (Å²) < 4.78 is 71.0. The van der Waals surface area contributed by atoms with Crippen LogP contribution >= 0.6 is 0 Å². The Hall–Kier alpha value is -4.75. The highest BCUT2D eigenvalue weighted by Crippen LogP contribution is 2.28. The second kappa shape index (κ2) is 12.0. The van der Waals surface area contributed by atoms with Crippen LogP contribution in [-0.2, 0) is 20.2 Å². The molecule has 0 fully saturated rings. The molecule has 0 aromatic heterocycles. The van der Waals surface area contributed by atoms with Crippen molar-refractivity contribution in [1.82, 2.24) is 0 Å². The fourth-order valence-electron chi connectivity index (χ4n) is 3.47. The van der Waals surface area contributed by atoms with E-state index in [9.17, 15) is 21.6 Å². The molecule has 13 heteroatoms. The number of ether oxygens (including phenoxy) is 2. The topological polar surface area (TPSA) is 146 Å². The van der Waals surface area contributed by atoms with E-state index in [-0.39, 0.29) is 32.8 Å². The Balaban J connectivity index is 1.35. The van der Waals surface area contributed by atoms with Gasteiger partial charge in [0, 0.05) is 11.4 Å². The SMILES string of the molecule is COc1ccccc1S(=O)(=O)Oc1ccc(NC(=O)Nc2ccc(OS(=O)(=O)c3ccccc3OC)cc2)cc1. The van der Waals surface area contributed by atoms with Crippen molar-refractivity contribution in [2.75, 3.05) is 24.9 Å². The lowest BCUT2D eigenvalue weighted by atomic mass is 10.3. The summed E-state index contributed by atoms with van der Waals surface area (Å²) in [6, 6.07) is 22.9. The molecule has 11 nitrogen and oxygen atoms in total. The Bertz CT molecular complexity index is 1580. The van der Waals surface area contributed by atoms with Gasteiger partial charge in [-0.3, -0.25) is 0 Å². The van der Waals surface area contributed by atoms with Gasteiger partial charge >= 0.3 is 26.3 Å². The van der Waals surface area contributed by atoms with Crippen molar-refractivity contribution < 1.29 is 39.5 Å². The first-order valence-electron chi connectivity index (χ1n) is 11.5. The standard InChI is InChI=1S/C27H24N2O9S2/c1-35-23-7-3-5-9-25(23)39(31,32)37-21-15-11-19(12-16-21)28-27(30)29-20-13-17-22(18-14-20)38-40(33,34)26-10-6-4-8-24(26)36-2/h3-18H,1-2H3,(H2,28,29,30). The molecule has 0 atom stereocenters. The van der Waals surface area contributed by atoms with E-state index < -0.39 is 26.3 Å². The molecule has 0 radical (unpaired) electrons. The van der Waals surface area contributed by atoms with Gasteiger partial charge in [-0.25, -0.2) is 4.79 Å². The van der Waals surface area contributed by atoms with Crippen LogP contribution in [0.3, 0.4) is 0 Å². The van der Waals surface area contributed by atoms with Gasteiger partial charge in [0.05, 0.1) is 14.2 Å². The molecule has 4 aromatic carbocycles. The Morgan fingerprint density at radius 1 is 0.550 bits per heavy atom. The van der Waals surface area contributed by atoms with Gasteiger partial charge in [-0.1, -0.05) is 24.3 Å². The second-order valence-corrected chi connectivity index (χ2v) is 11.0. The largest absolute Gasteiger partial charge is 0.495 e. The van der Waals surface area contributed by atoms with Gasteiger partial charge in [0.15, 0.2) is 0 Å². The smallest absolute Gasteiger partial charge is 0.342 e. The molecular weight excluding hydrogens is 560 g/mol. The minimum atomic E-state index is -4.15. The summed E-state index contributed by atoms with van der Waals surface area (Å²) in [5.74, 6) is 0.372. The number of rotatable bonds is 10. The van der Waals surface area contributed by atoms with E-state index in [1.54, 1.807) is 24.3 Å². The predicted molar refractivity (Wildman–Crippen MR) is 147 cm³/mol. The quantitative estimate of drug-likeness (QED) is 0.249. The summed E-state index contributed by atoms with van der Waals surface area (Å²) in [4.78, 5) is 12.2. The number of carbonyl (C=O) groups excluding carboxylic acids is 1. The lowest BCUT2D eigenvalue weighted by Gasteiger charge is -2.12. The zero-order chi connectivity index (χ0) is 28.8. The lowest BCUT2D eigenvalue weighted by Crippen LogP contribution is -2.19. The molecule has 208 valence electrons. The van der Waals surface area contributed by atoms with Gasteiger partial charge in [-0.15, -0.1) is 0 Å². The number of para-hydroxylation sites is 2. The van der Waals surface area contributed by atoms with Crippen molar-refractivity contribution >= 4 is 37.6 Å². The van der Waals surface area contributed by atoms with Crippen molar-refractivity contribution in [2.45, 2.75) is 9.79 Å². The van der Waals surface area contributed by atoms with E-state index >= 15 is 0 Å². The lowest BCUT2D eigenvalue weighted by molar-refractivity contribution is 0.262. The van der Waals surface area contributed by atoms with Crippen LogP contribution in [0.25, 0.3) is 0 Å². The van der Waals surface area contributed by atoms with E-state index in [1.807, 2.05) is 0 Å². The van der Waals surface area contributed by atoms with Crippen molar-refractivity contribution in [3.05, 3.63) is 97.1 Å². The predicted octanol–water partition coefficient (Wildman–Crippen LogP) is 4.88. The maximum absolute atomic E-state index is 12.6. The van der Waals surface area contributed by atoms with Gasteiger partial charge in [0.2, 0.25) is 0 Å². The molecule has 4 aromatic rings. The molecule has 0 saturated heterocycles. The zero-order valence-electron chi connectivity index (χ0n) is 21.2. The maximum Gasteiger partial charge on any atom is 0.342 e. The molecule has 4 rings (SSSR count). The molecule has 0 bridgehead atoms. The van der Waals surface area contributed by atoms with Crippen molar-refractivity contribution in [3.63, 3.8) is 0 Å². The average Bonchev–Trinajstić information content (AvgIpc) is 2.94. The van der Waals surface area contributed by atoms with Gasteiger partial charge in [0.1, 0.15) is 32.8 Å². The number of hydrogen-bond donors (Lipinski definition) is 2. The Labute approximate surface area is 231 Å². The fraction of sp³-hybridized carbons (Fsp3) is 0.0741. The molecule has 0 aliphatic heterocycles. The van der Waals surface area contributed by atoms with Gasteiger partial charge in [-0.05, 0) is 72.8 Å². The molecule has 0 aliphatic carbocycles. The van der Waals surface area contributed by atoms with Gasteiger partial charge in [0.25, 0.3) is 0 Å². The van der Waals surface area contributed by atoms with E-state index in [2.05, 4.69) is 10.6 Å². The van der Waals surface area contributed by atoms with E-state index in [4.69, 9.17) is 17.8 Å². The van der Waals surface area contributed by atoms with Crippen LogP contribution in [0, 0.1) is 0 Å². The first kappa shape index (κ1) is 28.3. The third-order valence-electron chi connectivity index (χ3n) is 5.31. The highest BCUT2D eigenvalue weighted by atomic mass is 32.2. The molecular formula is C27H24N2O9S2. The van der Waals surface area contributed by atoms with E-state index in [1.165, 1.54) is 87.0 Å². The average molecular weight is 585 g/mol. The van der Waals surface area contributed by atoms with E-state index in [0.29, 0.717) is 11.4 Å². The summed E-state index contributed by atoms with van der Waals surface area (Å²) in [7, 11) is -5.58. The highest BCUT2D eigenvalue weighted by molar-refractivity contribution is 7.87. The minimum absolute atomic E-state index is 0.0375. The summed E-state index contributed by atoms with van der Waals surface area (Å²) in [6.07, 6.45) is 0. The molecule has 2 amide bonds. The molecule has 0 spiro atoms. The maximum atomic E-state index is 12.6. The number of hydrogen-bond acceptors (Lipinski definition) is 9. The van der Waals surface area contributed by atoms with Crippen LogP contribution in [0.2, 0.25) is 0 Å².